The zero-order chi connectivity index (χ0) is 6.12. The summed E-state index contributed by atoms with van der Waals surface area (Å²) in [5.74, 6) is 0. The number of hydrogen-bond acceptors (Lipinski definition) is 0. The zero-order valence-electron chi connectivity index (χ0n) is 5.70. The molecular weight excluding hydrogens is 84.1 g/mol. The van der Waals surface area contributed by atoms with Crippen molar-refractivity contribution in [2.24, 2.45) is 0 Å². The van der Waals surface area contributed by atoms with Gasteiger partial charge in [-0.1, -0.05) is 40.5 Å². The van der Waals surface area contributed by atoms with Crippen LogP contribution in [0.5, 0.6) is 0 Å². The van der Waals surface area contributed by atoms with Crippen molar-refractivity contribution in [2.45, 2.75) is 33.6 Å². The highest BCUT2D eigenvalue weighted by atomic mass is 13.6. The topological polar surface area (TPSA) is 0 Å². The number of hydrogen-bond donors (Lipinski definition) is 0. The summed E-state index contributed by atoms with van der Waals surface area (Å²) in [4.78, 5) is 0. The van der Waals surface area contributed by atoms with E-state index < -0.39 is 0 Å². The summed E-state index contributed by atoms with van der Waals surface area (Å²) in [5.41, 5.74) is 0. The lowest BCUT2D eigenvalue weighted by molar-refractivity contribution is 0.956. The van der Waals surface area contributed by atoms with Gasteiger partial charge in [-0.25, -0.2) is 0 Å². The normalized spacial score (nSPS) is 6.86. The van der Waals surface area contributed by atoms with Crippen LogP contribution in [-0.4, -0.2) is 0 Å². The minimum atomic E-state index is 1.07. The van der Waals surface area contributed by atoms with Gasteiger partial charge in [0, 0.05) is 0 Å². The van der Waals surface area contributed by atoms with Crippen LogP contribution < -0.4 is 0 Å². The average Bonchev–Trinajstić information content (AvgIpc) is 1.69. The first kappa shape index (κ1) is 10.1. The molecule has 0 amide bonds. The fraction of sp³-hybridized carbons (Fsp3) is 0.714. The molecule has 2 radical (unpaired) electrons. The Morgan fingerprint density at radius 2 is 1.57 bits per heavy atom. The Morgan fingerprint density at radius 1 is 1.43 bits per heavy atom. The molecule has 0 aliphatic heterocycles. The Kier molecular flexibility index (Phi) is 24.0. The van der Waals surface area contributed by atoms with Gasteiger partial charge in [0.25, 0.3) is 0 Å². The van der Waals surface area contributed by atoms with Gasteiger partial charge in [-0.2, -0.15) is 0 Å². The highest BCUT2D eigenvalue weighted by Gasteiger charge is 1.56. The van der Waals surface area contributed by atoms with Gasteiger partial charge >= 0.3 is 0 Å². The quantitative estimate of drug-likeness (QED) is 0.475. The summed E-state index contributed by atoms with van der Waals surface area (Å²) >= 11 is 0. The monoisotopic (exact) mass is 100 g/mol. The summed E-state index contributed by atoms with van der Waals surface area (Å²) in [6.07, 6.45) is 4.28. The summed E-state index contributed by atoms with van der Waals surface area (Å²) < 4.78 is 0. The summed E-state index contributed by atoms with van der Waals surface area (Å²) in [7, 11) is 0. The maximum Gasteiger partial charge on any atom is -0.0448 e. The van der Waals surface area contributed by atoms with Gasteiger partial charge in [0.2, 0.25) is 0 Å². The molecule has 0 aromatic rings. The van der Waals surface area contributed by atoms with Crippen LogP contribution in [0.1, 0.15) is 33.6 Å². The van der Waals surface area contributed by atoms with Crippen molar-refractivity contribution in [3.63, 3.8) is 0 Å². The molecule has 0 nitrogen and oxygen atoms in total. The first-order valence-electron chi connectivity index (χ1n) is 2.86. The van der Waals surface area contributed by atoms with Gasteiger partial charge < -0.3 is 0 Å². The van der Waals surface area contributed by atoms with Gasteiger partial charge in [0.15, 0.2) is 0 Å². The maximum atomic E-state index is 3.60. The number of rotatable bonds is 1. The molecule has 0 aliphatic carbocycles. The molecule has 0 spiro atoms. The van der Waals surface area contributed by atoms with Crippen LogP contribution in [0.15, 0.2) is 0 Å². The fourth-order valence-corrected chi connectivity index (χ4v) is 0. The second kappa shape index (κ2) is 16.7. The summed E-state index contributed by atoms with van der Waals surface area (Å²) in [5, 5.41) is 0. The first-order chi connectivity index (χ1) is 3.33. The molecule has 0 N–H and O–H groups in total. The van der Waals surface area contributed by atoms with E-state index in [0.29, 0.717) is 0 Å². The molecule has 0 heteroatoms. The van der Waals surface area contributed by atoms with E-state index in [0.717, 1.165) is 6.42 Å². The predicted molar refractivity (Wildman–Crippen MR) is 35.9 cm³/mol. The lowest BCUT2D eigenvalue weighted by atomic mass is 10.4. The Morgan fingerprint density at radius 3 is 1.57 bits per heavy atom. The molecule has 0 saturated heterocycles. The first-order valence-corrected chi connectivity index (χ1v) is 2.86. The van der Waals surface area contributed by atoms with Gasteiger partial charge in [0.1, 0.15) is 0 Å². The Labute approximate surface area is 47.9 Å². The molecule has 0 atom stereocenters. The van der Waals surface area contributed by atoms with Gasteiger partial charge in [-0.15, -0.1) is 0 Å². The molecule has 0 unspecified atom stereocenters. The van der Waals surface area contributed by atoms with E-state index in [2.05, 4.69) is 13.8 Å². The standard InChI is InChI=1S/C4H9.C3H7/c1-3-4-2;1-3-2/h1,3-4H2,2H3;3H,1-2H3. The van der Waals surface area contributed by atoms with Crippen molar-refractivity contribution in [1.29, 1.82) is 0 Å². The fourth-order valence-electron chi connectivity index (χ4n) is 0. The molecule has 0 saturated carbocycles. The smallest absolute Gasteiger partial charge is 0.0448 e. The van der Waals surface area contributed by atoms with E-state index in [-0.39, 0.29) is 0 Å². The Balaban J connectivity index is 0. The molecule has 0 fully saturated rings. The molecule has 0 aliphatic rings. The summed E-state index contributed by atoms with van der Waals surface area (Å²) in [6.45, 7) is 9.72. The second-order valence-corrected chi connectivity index (χ2v) is 1.43. The van der Waals surface area contributed by atoms with Crippen molar-refractivity contribution >= 4 is 0 Å². The van der Waals surface area contributed by atoms with Crippen LogP contribution in [0.4, 0.5) is 0 Å². The molecule has 0 heterocycles. The lowest BCUT2D eigenvalue weighted by Crippen LogP contribution is -1.48. The lowest BCUT2D eigenvalue weighted by Gasteiger charge is -1.67. The van der Waals surface area contributed by atoms with Crippen molar-refractivity contribution < 1.29 is 0 Å². The van der Waals surface area contributed by atoms with Crippen molar-refractivity contribution in [1.82, 2.24) is 0 Å². The third-order valence-corrected chi connectivity index (χ3v) is 0.354. The van der Waals surface area contributed by atoms with E-state index in [1.54, 1.807) is 0 Å². The molecule has 0 aromatic heterocycles. The Bertz CT molecular complexity index is 7.51. The molecule has 0 bridgehead atoms. The highest BCUT2D eigenvalue weighted by molar-refractivity contribution is 4.34. The van der Waals surface area contributed by atoms with Crippen LogP contribution >= 0.6 is 0 Å². The van der Waals surface area contributed by atoms with Crippen molar-refractivity contribution in [3.8, 4) is 0 Å². The maximum absolute atomic E-state index is 3.60. The molecule has 7 heavy (non-hydrogen) atoms. The minimum Gasteiger partial charge on any atom is -0.0654 e. The van der Waals surface area contributed by atoms with Crippen molar-refractivity contribution in [2.75, 3.05) is 0 Å². The summed E-state index contributed by atoms with van der Waals surface area (Å²) in [6, 6.07) is 0. The molecule has 0 rings (SSSR count). The second-order valence-electron chi connectivity index (χ2n) is 1.43. The van der Waals surface area contributed by atoms with E-state index in [9.17, 15) is 0 Å². The van der Waals surface area contributed by atoms with Gasteiger partial charge in [0.05, 0.1) is 0 Å². The largest absolute Gasteiger partial charge is 0.0654 e. The van der Waals surface area contributed by atoms with Crippen LogP contribution in [0.2, 0.25) is 0 Å². The molecule has 0 aromatic carbocycles. The van der Waals surface area contributed by atoms with E-state index in [1.165, 1.54) is 6.42 Å². The van der Waals surface area contributed by atoms with Gasteiger partial charge in [-0.3, -0.25) is 0 Å². The van der Waals surface area contributed by atoms with Crippen LogP contribution in [0.3, 0.4) is 0 Å². The number of unbranched alkanes of at least 4 members (excludes halogenated alkanes) is 1. The van der Waals surface area contributed by atoms with Crippen molar-refractivity contribution in [3.05, 3.63) is 13.3 Å². The third kappa shape index (κ3) is 96.0. The predicted octanol–water partition coefficient (Wildman–Crippen LogP) is 2.85. The highest BCUT2D eigenvalue weighted by Crippen LogP contribution is 1.75. The van der Waals surface area contributed by atoms with Crippen LogP contribution in [0.25, 0.3) is 0 Å². The zero-order valence-corrected chi connectivity index (χ0v) is 5.70. The van der Waals surface area contributed by atoms with Crippen LogP contribution in [0, 0.1) is 13.3 Å². The minimum absolute atomic E-state index is 1.07. The van der Waals surface area contributed by atoms with Crippen LogP contribution in [-0.2, 0) is 0 Å². The van der Waals surface area contributed by atoms with E-state index >= 15 is 0 Å². The average molecular weight is 100 g/mol. The molecule has 44 valence electrons. The van der Waals surface area contributed by atoms with E-state index in [4.69, 9.17) is 0 Å². The molecular formula is C7H16. The Hall–Kier alpha value is 0. The third-order valence-electron chi connectivity index (χ3n) is 0.354. The SMILES string of the molecule is C[CH]C.[CH2]CCC. The van der Waals surface area contributed by atoms with Gasteiger partial charge in [-0.05, 0) is 6.42 Å². The van der Waals surface area contributed by atoms with E-state index in [1.807, 2.05) is 20.3 Å².